The Morgan fingerprint density at radius 2 is 1.73 bits per heavy atom. The lowest BCUT2D eigenvalue weighted by Crippen LogP contribution is -2.36. The second kappa shape index (κ2) is 9.49. The third-order valence-corrected chi connectivity index (χ3v) is 8.68. The van der Waals surface area contributed by atoms with Crippen LogP contribution in [0.3, 0.4) is 0 Å². The zero-order valence-corrected chi connectivity index (χ0v) is 18.8. The lowest BCUT2D eigenvalue weighted by atomic mass is 10.1. The van der Waals surface area contributed by atoms with Crippen LogP contribution in [-0.2, 0) is 16.4 Å². The fourth-order valence-electron chi connectivity index (χ4n) is 4.19. The first-order valence-electron chi connectivity index (χ1n) is 10.8. The van der Waals surface area contributed by atoms with Gasteiger partial charge in [-0.05, 0) is 61.7 Å². The molecule has 0 saturated carbocycles. The number of thiophene rings is 1. The van der Waals surface area contributed by atoms with Crippen LogP contribution in [0.4, 0.5) is 5.69 Å². The minimum absolute atomic E-state index is 0.204. The Morgan fingerprint density at radius 1 is 1.00 bits per heavy atom. The van der Waals surface area contributed by atoms with Crippen molar-refractivity contribution >= 4 is 33.0 Å². The van der Waals surface area contributed by atoms with Crippen molar-refractivity contribution in [2.75, 3.05) is 37.6 Å². The van der Waals surface area contributed by atoms with Gasteiger partial charge in [-0.15, -0.1) is 11.3 Å². The van der Waals surface area contributed by atoms with Gasteiger partial charge >= 0.3 is 0 Å². The van der Waals surface area contributed by atoms with Crippen molar-refractivity contribution < 1.29 is 13.2 Å². The molecule has 162 valence electrons. The van der Waals surface area contributed by atoms with Gasteiger partial charge in [0.15, 0.2) is 0 Å². The minimum Gasteiger partial charge on any atom is -0.371 e. The monoisotopic (exact) mass is 447 g/mol. The van der Waals surface area contributed by atoms with Gasteiger partial charge in [-0.3, -0.25) is 4.79 Å². The van der Waals surface area contributed by atoms with Gasteiger partial charge in [-0.25, -0.2) is 8.42 Å². The normalized spacial score (nSPS) is 17.9. The Balaban J connectivity index is 1.58. The molecule has 1 aromatic carbocycles. The Kier molecular flexibility index (Phi) is 6.75. The fourth-order valence-corrected chi connectivity index (χ4v) is 6.45. The zero-order chi connectivity index (χ0) is 21.0. The van der Waals surface area contributed by atoms with Crippen LogP contribution in [0.1, 0.15) is 47.3 Å². The Hall–Kier alpha value is -1.90. The van der Waals surface area contributed by atoms with Crippen molar-refractivity contribution in [3.8, 4) is 0 Å². The van der Waals surface area contributed by atoms with Gasteiger partial charge in [-0.1, -0.05) is 12.5 Å². The molecule has 0 spiro atoms. The zero-order valence-electron chi connectivity index (χ0n) is 17.2. The molecule has 0 aliphatic carbocycles. The van der Waals surface area contributed by atoms with Crippen molar-refractivity contribution in [2.24, 2.45) is 0 Å². The van der Waals surface area contributed by atoms with Crippen LogP contribution in [0.5, 0.6) is 0 Å². The second-order valence-electron chi connectivity index (χ2n) is 7.92. The number of hydrogen-bond acceptors (Lipinski definition) is 5. The molecule has 2 saturated heterocycles. The SMILES string of the molecule is O=C(NCCc1cccs1)c1cc(S(=O)(=O)N2CCCCC2)ccc1N1CCCC1. The van der Waals surface area contributed by atoms with Crippen molar-refractivity contribution in [2.45, 2.75) is 43.4 Å². The average Bonchev–Trinajstić information content (AvgIpc) is 3.48. The van der Waals surface area contributed by atoms with E-state index in [1.54, 1.807) is 27.8 Å². The molecule has 0 bridgehead atoms. The van der Waals surface area contributed by atoms with Crippen molar-refractivity contribution in [3.05, 3.63) is 46.2 Å². The summed E-state index contributed by atoms with van der Waals surface area (Å²) in [5.41, 5.74) is 1.29. The standard InChI is InChI=1S/C22H29N3O3S2/c26-22(23-11-10-18-7-6-16-29-18)20-17-19(8-9-21(20)24-12-4-5-13-24)30(27,28)25-14-2-1-3-15-25/h6-9,16-17H,1-5,10-15H2,(H,23,26). The van der Waals surface area contributed by atoms with Gasteiger partial charge in [-0.2, -0.15) is 4.31 Å². The molecular formula is C22H29N3O3S2. The molecule has 0 atom stereocenters. The van der Waals surface area contributed by atoms with Crippen LogP contribution < -0.4 is 10.2 Å². The van der Waals surface area contributed by atoms with E-state index >= 15 is 0 Å². The van der Waals surface area contributed by atoms with Gasteiger partial charge in [0.1, 0.15) is 0 Å². The van der Waals surface area contributed by atoms with Crippen molar-refractivity contribution in [1.82, 2.24) is 9.62 Å². The summed E-state index contributed by atoms with van der Waals surface area (Å²) in [6.07, 6.45) is 5.80. The molecule has 1 aromatic heterocycles. The van der Waals surface area contributed by atoms with Crippen LogP contribution in [0.2, 0.25) is 0 Å². The topological polar surface area (TPSA) is 69.7 Å². The van der Waals surface area contributed by atoms with Gasteiger partial charge in [0.25, 0.3) is 5.91 Å². The first kappa shape index (κ1) is 21.3. The Bertz CT molecular complexity index is 962. The number of anilines is 1. The molecule has 2 aromatic rings. The summed E-state index contributed by atoms with van der Waals surface area (Å²) in [6.45, 7) is 3.43. The number of carbonyl (C=O) groups excluding carboxylic acids is 1. The molecule has 1 N–H and O–H groups in total. The van der Waals surface area contributed by atoms with E-state index in [1.165, 1.54) is 4.88 Å². The number of nitrogens with zero attached hydrogens (tertiary/aromatic N) is 2. The number of sulfonamides is 1. The van der Waals surface area contributed by atoms with Gasteiger partial charge in [0, 0.05) is 43.3 Å². The molecule has 3 heterocycles. The summed E-state index contributed by atoms with van der Waals surface area (Å²) in [6, 6.07) is 9.12. The maximum absolute atomic E-state index is 13.1. The third-order valence-electron chi connectivity index (χ3n) is 5.85. The lowest BCUT2D eigenvalue weighted by molar-refractivity contribution is 0.0954. The summed E-state index contributed by atoms with van der Waals surface area (Å²) in [4.78, 5) is 16.7. The van der Waals surface area contributed by atoms with Crippen LogP contribution >= 0.6 is 11.3 Å². The third kappa shape index (κ3) is 4.71. The van der Waals surface area contributed by atoms with Gasteiger partial charge in [0.2, 0.25) is 10.0 Å². The van der Waals surface area contributed by atoms with Gasteiger partial charge < -0.3 is 10.2 Å². The highest BCUT2D eigenvalue weighted by Gasteiger charge is 2.28. The maximum Gasteiger partial charge on any atom is 0.253 e. The largest absolute Gasteiger partial charge is 0.371 e. The molecule has 6 nitrogen and oxygen atoms in total. The quantitative estimate of drug-likeness (QED) is 0.705. The van der Waals surface area contributed by atoms with Crippen molar-refractivity contribution in [1.29, 1.82) is 0 Å². The van der Waals surface area contributed by atoms with Crippen molar-refractivity contribution in [3.63, 3.8) is 0 Å². The predicted molar refractivity (Wildman–Crippen MR) is 121 cm³/mol. The van der Waals surface area contributed by atoms with E-state index in [4.69, 9.17) is 0 Å². The highest BCUT2D eigenvalue weighted by atomic mass is 32.2. The first-order chi connectivity index (χ1) is 14.6. The van der Waals surface area contributed by atoms with Crippen LogP contribution in [-0.4, -0.2) is 51.4 Å². The molecular weight excluding hydrogens is 418 g/mol. The summed E-state index contributed by atoms with van der Waals surface area (Å²) >= 11 is 1.67. The van der Waals surface area contributed by atoms with E-state index in [0.29, 0.717) is 25.2 Å². The maximum atomic E-state index is 13.1. The fraction of sp³-hybridized carbons (Fsp3) is 0.500. The van der Waals surface area contributed by atoms with Gasteiger partial charge in [0.05, 0.1) is 10.5 Å². The molecule has 0 unspecified atom stereocenters. The summed E-state index contributed by atoms with van der Waals surface area (Å²) in [5.74, 6) is -0.204. The van der Waals surface area contributed by atoms with E-state index in [0.717, 1.165) is 57.3 Å². The second-order valence-corrected chi connectivity index (χ2v) is 10.9. The van der Waals surface area contributed by atoms with E-state index in [2.05, 4.69) is 16.3 Å². The average molecular weight is 448 g/mol. The first-order valence-corrected chi connectivity index (χ1v) is 13.1. The molecule has 1 amide bonds. The summed E-state index contributed by atoms with van der Waals surface area (Å²) in [7, 11) is -3.58. The summed E-state index contributed by atoms with van der Waals surface area (Å²) < 4.78 is 27.8. The highest BCUT2D eigenvalue weighted by molar-refractivity contribution is 7.89. The van der Waals surface area contributed by atoms with Crippen LogP contribution in [0, 0.1) is 0 Å². The summed E-state index contributed by atoms with van der Waals surface area (Å²) in [5, 5.41) is 5.02. The van der Waals surface area contributed by atoms with E-state index in [1.807, 2.05) is 17.5 Å². The molecule has 8 heteroatoms. The number of hydrogen-bond donors (Lipinski definition) is 1. The van der Waals surface area contributed by atoms with Crippen LogP contribution in [0.25, 0.3) is 0 Å². The molecule has 2 aliphatic heterocycles. The number of amides is 1. The smallest absolute Gasteiger partial charge is 0.253 e. The Labute approximate surface area is 182 Å². The van der Waals surface area contributed by atoms with Crippen LogP contribution in [0.15, 0.2) is 40.6 Å². The molecule has 4 rings (SSSR count). The van der Waals surface area contributed by atoms with E-state index in [-0.39, 0.29) is 10.8 Å². The van der Waals surface area contributed by atoms with E-state index in [9.17, 15) is 13.2 Å². The number of nitrogens with one attached hydrogen (secondary N) is 1. The molecule has 2 aliphatic rings. The molecule has 2 fully saturated rings. The number of rotatable bonds is 7. The Morgan fingerprint density at radius 3 is 2.43 bits per heavy atom. The number of piperidine rings is 1. The predicted octanol–water partition coefficient (Wildman–Crippen LogP) is 3.50. The lowest BCUT2D eigenvalue weighted by Gasteiger charge is -2.27. The number of benzene rings is 1. The molecule has 0 radical (unpaired) electrons. The number of carbonyl (C=O) groups is 1. The minimum atomic E-state index is -3.58. The molecule has 30 heavy (non-hydrogen) atoms. The highest BCUT2D eigenvalue weighted by Crippen LogP contribution is 2.29. The van der Waals surface area contributed by atoms with E-state index < -0.39 is 10.0 Å².